The van der Waals surface area contributed by atoms with Crippen LogP contribution in [0.1, 0.15) is 27.0 Å². The van der Waals surface area contributed by atoms with Gasteiger partial charge in [-0.25, -0.2) is 8.42 Å². The first-order valence-corrected chi connectivity index (χ1v) is 12.5. The van der Waals surface area contributed by atoms with Gasteiger partial charge in [0.25, 0.3) is 5.91 Å². The molecule has 7 nitrogen and oxygen atoms in total. The van der Waals surface area contributed by atoms with Crippen molar-refractivity contribution in [1.29, 1.82) is 0 Å². The first-order chi connectivity index (χ1) is 16.7. The molecule has 0 atom stereocenters. The van der Waals surface area contributed by atoms with E-state index in [1.807, 2.05) is 32.0 Å². The van der Waals surface area contributed by atoms with Crippen LogP contribution in [0.2, 0.25) is 0 Å². The SMILES string of the molecule is Cc1ccc(C)c(COc2cc(NC(=O)c3ccc(OC(F)(F)F)cc3)ccc2N(C)S(C)(=O)=O)c1. The van der Waals surface area contributed by atoms with Gasteiger partial charge in [0.15, 0.2) is 0 Å². The second-order valence-corrected chi connectivity index (χ2v) is 10.2. The van der Waals surface area contributed by atoms with Crippen molar-refractivity contribution < 1.29 is 35.9 Å². The molecule has 192 valence electrons. The summed E-state index contributed by atoms with van der Waals surface area (Å²) in [5.41, 5.74) is 3.63. The van der Waals surface area contributed by atoms with E-state index < -0.39 is 28.0 Å². The molecule has 1 N–H and O–H groups in total. The summed E-state index contributed by atoms with van der Waals surface area (Å²) in [7, 11) is -2.21. The van der Waals surface area contributed by atoms with Crippen LogP contribution in [0.3, 0.4) is 0 Å². The Morgan fingerprint density at radius 3 is 2.28 bits per heavy atom. The van der Waals surface area contributed by atoms with E-state index in [0.29, 0.717) is 5.69 Å². The van der Waals surface area contributed by atoms with Gasteiger partial charge in [-0.15, -0.1) is 13.2 Å². The summed E-state index contributed by atoms with van der Waals surface area (Å²) < 4.78 is 72.2. The Morgan fingerprint density at radius 2 is 1.67 bits per heavy atom. The molecule has 0 saturated carbocycles. The van der Waals surface area contributed by atoms with E-state index in [4.69, 9.17) is 4.74 Å². The minimum Gasteiger partial charge on any atom is -0.487 e. The number of nitrogens with one attached hydrogen (secondary N) is 1. The largest absolute Gasteiger partial charge is 0.573 e. The molecule has 0 heterocycles. The van der Waals surface area contributed by atoms with Crippen molar-refractivity contribution in [2.75, 3.05) is 22.9 Å². The van der Waals surface area contributed by atoms with E-state index in [1.54, 1.807) is 0 Å². The highest BCUT2D eigenvalue weighted by atomic mass is 32.2. The van der Waals surface area contributed by atoms with E-state index in [9.17, 15) is 26.4 Å². The molecule has 3 aromatic carbocycles. The molecule has 0 aliphatic rings. The maximum Gasteiger partial charge on any atom is 0.573 e. The molecule has 0 aromatic heterocycles. The number of hydrogen-bond acceptors (Lipinski definition) is 5. The predicted octanol–water partition coefficient (Wildman–Crippen LogP) is 5.43. The second-order valence-electron chi connectivity index (χ2n) is 8.16. The standard InChI is InChI=1S/C25H25F3N2O5S/c1-16-5-6-17(2)19(13-16)15-34-23-14-20(9-12-22(23)30(3)36(4,32)33)29-24(31)18-7-10-21(11-8-18)35-25(26,27)28/h5-14H,15H2,1-4H3,(H,29,31). The normalized spacial score (nSPS) is 11.6. The molecule has 36 heavy (non-hydrogen) atoms. The average molecular weight is 523 g/mol. The first-order valence-electron chi connectivity index (χ1n) is 10.7. The number of carbonyl (C=O) groups excluding carboxylic acids is 1. The minimum atomic E-state index is -4.84. The van der Waals surface area contributed by atoms with Crippen LogP contribution in [0, 0.1) is 13.8 Å². The molecule has 0 aliphatic carbocycles. The molecule has 1 amide bonds. The van der Waals surface area contributed by atoms with Crippen molar-refractivity contribution >= 4 is 27.3 Å². The Morgan fingerprint density at radius 1 is 1.00 bits per heavy atom. The maximum atomic E-state index is 12.6. The van der Waals surface area contributed by atoms with E-state index >= 15 is 0 Å². The van der Waals surface area contributed by atoms with Crippen LogP contribution < -0.4 is 19.1 Å². The summed E-state index contributed by atoms with van der Waals surface area (Å²) in [4.78, 5) is 12.6. The molecule has 3 aromatic rings. The molecule has 0 aliphatic heterocycles. The van der Waals surface area contributed by atoms with Gasteiger partial charge in [0, 0.05) is 24.4 Å². The minimum absolute atomic E-state index is 0.0970. The van der Waals surface area contributed by atoms with Crippen molar-refractivity contribution in [1.82, 2.24) is 0 Å². The number of anilines is 2. The molecule has 0 radical (unpaired) electrons. The number of nitrogens with zero attached hydrogens (tertiary/aromatic N) is 1. The summed E-state index contributed by atoms with van der Waals surface area (Å²) in [6, 6.07) is 14.8. The average Bonchev–Trinajstić information content (AvgIpc) is 2.78. The Bertz CT molecular complexity index is 1360. The van der Waals surface area contributed by atoms with Gasteiger partial charge in [0.2, 0.25) is 10.0 Å². The van der Waals surface area contributed by atoms with Crippen LogP contribution in [0.5, 0.6) is 11.5 Å². The number of rotatable bonds is 8. The van der Waals surface area contributed by atoms with E-state index in [0.717, 1.165) is 39.4 Å². The third-order valence-corrected chi connectivity index (χ3v) is 6.48. The first kappa shape index (κ1) is 26.9. The summed E-state index contributed by atoms with van der Waals surface area (Å²) in [6.45, 7) is 4.04. The smallest absolute Gasteiger partial charge is 0.487 e. The lowest BCUT2D eigenvalue weighted by atomic mass is 10.1. The van der Waals surface area contributed by atoms with Gasteiger partial charge < -0.3 is 14.8 Å². The van der Waals surface area contributed by atoms with Crippen LogP contribution in [0.4, 0.5) is 24.5 Å². The van der Waals surface area contributed by atoms with Crippen LogP contribution >= 0.6 is 0 Å². The number of benzene rings is 3. The number of alkyl halides is 3. The highest BCUT2D eigenvalue weighted by Crippen LogP contribution is 2.33. The summed E-state index contributed by atoms with van der Waals surface area (Å²) in [5, 5.41) is 2.64. The van der Waals surface area contributed by atoms with Crippen molar-refractivity contribution in [3.8, 4) is 11.5 Å². The third kappa shape index (κ3) is 7.14. The molecule has 0 saturated heterocycles. The molecule has 0 unspecified atom stereocenters. The fourth-order valence-corrected chi connectivity index (χ4v) is 3.78. The topological polar surface area (TPSA) is 84.9 Å². The Kier molecular flexibility index (Phi) is 7.83. The van der Waals surface area contributed by atoms with E-state index in [-0.39, 0.29) is 23.6 Å². The summed E-state index contributed by atoms with van der Waals surface area (Å²) in [6.07, 6.45) is -3.78. The lowest BCUT2D eigenvalue weighted by molar-refractivity contribution is -0.274. The number of sulfonamides is 1. The Balaban J connectivity index is 1.85. The molecule has 0 bridgehead atoms. The number of hydrogen-bond donors (Lipinski definition) is 1. The van der Waals surface area contributed by atoms with Gasteiger partial charge in [-0.3, -0.25) is 9.10 Å². The lowest BCUT2D eigenvalue weighted by Crippen LogP contribution is -2.25. The molecule has 11 heteroatoms. The van der Waals surface area contributed by atoms with E-state index in [1.165, 1.54) is 37.4 Å². The monoisotopic (exact) mass is 522 g/mol. The second kappa shape index (κ2) is 10.5. The third-order valence-electron chi connectivity index (χ3n) is 5.29. The zero-order valence-corrected chi connectivity index (χ0v) is 20.8. The maximum absolute atomic E-state index is 12.6. The molecular weight excluding hydrogens is 497 g/mol. The molecule has 3 rings (SSSR count). The van der Waals surface area contributed by atoms with Gasteiger partial charge in [0.05, 0.1) is 11.9 Å². The van der Waals surface area contributed by atoms with Crippen LogP contribution in [0.25, 0.3) is 0 Å². The van der Waals surface area contributed by atoms with Gasteiger partial charge >= 0.3 is 6.36 Å². The number of carbonyl (C=O) groups is 1. The number of halogens is 3. The van der Waals surface area contributed by atoms with E-state index in [2.05, 4.69) is 10.1 Å². The number of aryl methyl sites for hydroxylation is 2. The van der Waals surface area contributed by atoms with Crippen LogP contribution in [-0.2, 0) is 16.6 Å². The van der Waals surface area contributed by atoms with Crippen molar-refractivity contribution in [2.24, 2.45) is 0 Å². The van der Waals surface area contributed by atoms with Crippen molar-refractivity contribution in [3.63, 3.8) is 0 Å². The lowest BCUT2D eigenvalue weighted by Gasteiger charge is -2.21. The van der Waals surface area contributed by atoms with Crippen molar-refractivity contribution in [3.05, 3.63) is 82.9 Å². The van der Waals surface area contributed by atoms with Gasteiger partial charge in [0.1, 0.15) is 18.1 Å². The fraction of sp³-hybridized carbons (Fsp3) is 0.240. The molecule has 0 spiro atoms. The van der Waals surface area contributed by atoms with Gasteiger partial charge in [-0.1, -0.05) is 23.8 Å². The Labute approximate surface area is 207 Å². The highest BCUT2D eigenvalue weighted by molar-refractivity contribution is 7.92. The highest BCUT2D eigenvalue weighted by Gasteiger charge is 2.31. The van der Waals surface area contributed by atoms with Gasteiger partial charge in [-0.05, 0) is 61.4 Å². The van der Waals surface area contributed by atoms with Crippen molar-refractivity contribution in [2.45, 2.75) is 26.8 Å². The van der Waals surface area contributed by atoms with Crippen LogP contribution in [0.15, 0.2) is 60.7 Å². The Hall–Kier alpha value is -3.73. The summed E-state index contributed by atoms with van der Waals surface area (Å²) in [5.74, 6) is -0.817. The predicted molar refractivity (Wildman–Crippen MR) is 131 cm³/mol. The fourth-order valence-electron chi connectivity index (χ4n) is 3.27. The zero-order chi connectivity index (χ0) is 26.7. The summed E-state index contributed by atoms with van der Waals surface area (Å²) >= 11 is 0. The molecular formula is C25H25F3N2O5S. The quantitative estimate of drug-likeness (QED) is 0.427. The van der Waals surface area contributed by atoms with Gasteiger partial charge in [-0.2, -0.15) is 0 Å². The molecule has 0 fully saturated rings. The zero-order valence-electron chi connectivity index (χ0n) is 20.0. The number of ether oxygens (including phenoxy) is 2. The number of amides is 1. The van der Waals surface area contributed by atoms with Crippen LogP contribution in [-0.4, -0.2) is 34.0 Å².